The van der Waals surface area contributed by atoms with Crippen molar-refractivity contribution in [3.63, 3.8) is 0 Å². The number of hydrogen-bond acceptors (Lipinski definition) is 4. The normalized spacial score (nSPS) is 15.0. The van der Waals surface area contributed by atoms with Crippen LogP contribution in [-0.4, -0.2) is 53.6 Å². The summed E-state index contributed by atoms with van der Waals surface area (Å²) in [6.07, 6.45) is 0.666. The van der Waals surface area contributed by atoms with Crippen molar-refractivity contribution in [2.24, 2.45) is 0 Å². The first-order chi connectivity index (χ1) is 16.0. The molecule has 1 aromatic heterocycles. The topological polar surface area (TPSA) is 54.8 Å². The van der Waals surface area contributed by atoms with Crippen LogP contribution >= 0.6 is 0 Å². The fraction of sp³-hybridized carbons (Fsp3) is 0.429. The van der Waals surface area contributed by atoms with E-state index in [1.807, 2.05) is 39.0 Å². The average molecular weight is 462 g/mol. The summed E-state index contributed by atoms with van der Waals surface area (Å²) >= 11 is 0. The van der Waals surface area contributed by atoms with E-state index in [2.05, 4.69) is 60.6 Å². The largest absolute Gasteiger partial charge is 0.444 e. The Morgan fingerprint density at radius 3 is 2.06 bits per heavy atom. The molecular weight excluding hydrogens is 426 g/mol. The lowest BCUT2D eigenvalue weighted by Gasteiger charge is -2.37. The zero-order valence-electron chi connectivity index (χ0n) is 21.1. The molecule has 4 rings (SSSR count). The van der Waals surface area contributed by atoms with E-state index in [0.717, 1.165) is 28.7 Å². The minimum Gasteiger partial charge on any atom is -0.444 e. The Kier molecular flexibility index (Phi) is 6.19. The van der Waals surface area contributed by atoms with Crippen molar-refractivity contribution >= 4 is 29.1 Å². The van der Waals surface area contributed by atoms with E-state index in [1.165, 1.54) is 5.56 Å². The highest BCUT2D eigenvalue weighted by Gasteiger charge is 2.29. The maximum atomic E-state index is 12.5. The second-order valence-electron chi connectivity index (χ2n) is 11.0. The number of anilines is 1. The van der Waals surface area contributed by atoms with Crippen LogP contribution in [0.2, 0.25) is 0 Å². The van der Waals surface area contributed by atoms with Crippen molar-refractivity contribution in [2.45, 2.75) is 52.6 Å². The van der Waals surface area contributed by atoms with Crippen molar-refractivity contribution in [3.8, 4) is 5.69 Å². The van der Waals surface area contributed by atoms with E-state index in [4.69, 9.17) is 4.74 Å². The number of para-hydroxylation sites is 1. The first-order valence-corrected chi connectivity index (χ1v) is 11.9. The lowest BCUT2D eigenvalue weighted by atomic mass is 9.87. The number of aldehydes is 1. The Hall–Kier alpha value is -3.28. The summed E-state index contributed by atoms with van der Waals surface area (Å²) in [5, 5.41) is 0.932. The van der Waals surface area contributed by atoms with Gasteiger partial charge in [0, 0.05) is 37.3 Å². The van der Waals surface area contributed by atoms with Crippen LogP contribution in [0.1, 0.15) is 57.5 Å². The number of rotatable bonds is 3. The average Bonchev–Trinajstić information content (AvgIpc) is 3.12. The Morgan fingerprint density at radius 1 is 0.882 bits per heavy atom. The molecule has 3 aromatic rings. The minimum atomic E-state index is -0.523. The smallest absolute Gasteiger partial charge is 0.410 e. The molecule has 6 nitrogen and oxygen atoms in total. The first-order valence-electron chi connectivity index (χ1n) is 11.9. The number of carbonyl (C=O) groups excluding carboxylic acids is 2. The van der Waals surface area contributed by atoms with Gasteiger partial charge in [0.15, 0.2) is 6.29 Å². The number of carbonyl (C=O) groups is 2. The molecular formula is C28H35N3O3. The van der Waals surface area contributed by atoms with Gasteiger partial charge < -0.3 is 14.5 Å². The van der Waals surface area contributed by atoms with E-state index in [-0.39, 0.29) is 11.5 Å². The molecule has 2 aromatic carbocycles. The van der Waals surface area contributed by atoms with E-state index < -0.39 is 5.60 Å². The molecule has 1 saturated heterocycles. The van der Waals surface area contributed by atoms with Crippen LogP contribution in [0, 0.1) is 0 Å². The SMILES string of the molecule is CC(C)(C)OC(=O)N1CCN(c2c(C=O)c3ccccc3n2-c2ccc(C(C)(C)C)cc2)CC1. The zero-order valence-corrected chi connectivity index (χ0v) is 21.1. The molecule has 0 spiro atoms. The van der Waals surface area contributed by atoms with Crippen LogP contribution in [-0.2, 0) is 10.2 Å². The molecule has 2 heterocycles. The van der Waals surface area contributed by atoms with Crippen LogP contribution < -0.4 is 4.90 Å². The number of amides is 1. The molecule has 0 radical (unpaired) electrons. The predicted molar refractivity (Wildman–Crippen MR) is 137 cm³/mol. The fourth-order valence-electron chi connectivity index (χ4n) is 4.48. The third kappa shape index (κ3) is 4.67. The van der Waals surface area contributed by atoms with Gasteiger partial charge in [0.25, 0.3) is 0 Å². The first kappa shape index (κ1) is 23.9. The summed E-state index contributed by atoms with van der Waals surface area (Å²) in [4.78, 5) is 28.8. The van der Waals surface area contributed by atoms with E-state index in [0.29, 0.717) is 31.7 Å². The van der Waals surface area contributed by atoms with Gasteiger partial charge in [0.1, 0.15) is 11.4 Å². The van der Waals surface area contributed by atoms with Crippen molar-refractivity contribution < 1.29 is 14.3 Å². The summed E-state index contributed by atoms with van der Waals surface area (Å²) in [5.41, 5.74) is 3.49. The molecule has 0 atom stereocenters. The van der Waals surface area contributed by atoms with Gasteiger partial charge in [-0.1, -0.05) is 51.1 Å². The van der Waals surface area contributed by atoms with Crippen molar-refractivity contribution in [1.29, 1.82) is 0 Å². The number of aromatic nitrogens is 1. The van der Waals surface area contributed by atoms with Gasteiger partial charge in [0.05, 0.1) is 11.1 Å². The molecule has 1 aliphatic heterocycles. The zero-order chi connectivity index (χ0) is 24.7. The summed E-state index contributed by atoms with van der Waals surface area (Å²) in [5.74, 6) is 0.878. The molecule has 0 unspecified atom stereocenters. The van der Waals surface area contributed by atoms with Gasteiger partial charge in [-0.05, 0) is 49.9 Å². The molecule has 34 heavy (non-hydrogen) atoms. The maximum absolute atomic E-state index is 12.5. The van der Waals surface area contributed by atoms with Crippen molar-refractivity contribution in [2.75, 3.05) is 31.1 Å². The highest BCUT2D eigenvalue weighted by molar-refractivity contribution is 6.05. The Labute approximate surface area is 202 Å². The third-order valence-electron chi connectivity index (χ3n) is 6.23. The molecule has 0 aliphatic carbocycles. The van der Waals surface area contributed by atoms with Gasteiger partial charge >= 0.3 is 6.09 Å². The van der Waals surface area contributed by atoms with Crippen LogP contribution in [0.4, 0.5) is 10.6 Å². The van der Waals surface area contributed by atoms with Gasteiger partial charge in [-0.2, -0.15) is 0 Å². The molecule has 1 amide bonds. The summed E-state index contributed by atoms with van der Waals surface area (Å²) in [7, 11) is 0. The van der Waals surface area contributed by atoms with E-state index in [1.54, 1.807) is 4.90 Å². The molecule has 1 aliphatic rings. The molecule has 0 N–H and O–H groups in total. The summed E-state index contributed by atoms with van der Waals surface area (Å²) in [6.45, 7) is 14.6. The summed E-state index contributed by atoms with van der Waals surface area (Å²) < 4.78 is 7.73. The highest BCUT2D eigenvalue weighted by Crippen LogP contribution is 2.36. The molecule has 6 heteroatoms. The Balaban J connectivity index is 1.72. The third-order valence-corrected chi connectivity index (χ3v) is 6.23. The molecule has 180 valence electrons. The van der Waals surface area contributed by atoms with Gasteiger partial charge in [-0.3, -0.25) is 9.36 Å². The Bertz CT molecular complexity index is 1190. The summed E-state index contributed by atoms with van der Waals surface area (Å²) in [6, 6.07) is 16.6. The lowest BCUT2D eigenvalue weighted by Crippen LogP contribution is -2.50. The van der Waals surface area contributed by atoms with Crippen LogP contribution in [0.5, 0.6) is 0 Å². The van der Waals surface area contributed by atoms with Gasteiger partial charge in [-0.15, -0.1) is 0 Å². The Morgan fingerprint density at radius 2 is 1.50 bits per heavy atom. The predicted octanol–water partition coefficient (Wildman–Crippen LogP) is 5.80. The number of fused-ring (bicyclic) bond motifs is 1. The van der Waals surface area contributed by atoms with Crippen molar-refractivity contribution in [3.05, 3.63) is 59.7 Å². The number of nitrogens with zero attached hydrogens (tertiary/aromatic N) is 3. The van der Waals surface area contributed by atoms with E-state index in [9.17, 15) is 9.59 Å². The quantitative estimate of drug-likeness (QED) is 0.463. The molecule has 1 fully saturated rings. The number of benzene rings is 2. The fourth-order valence-corrected chi connectivity index (χ4v) is 4.48. The van der Waals surface area contributed by atoms with Gasteiger partial charge in [-0.25, -0.2) is 4.79 Å². The standard InChI is InChI=1S/C28H35N3O3/c1-27(2,3)20-11-13-21(14-12-20)31-24-10-8-7-9-22(24)23(19-32)25(31)29-15-17-30(18-16-29)26(33)34-28(4,5)6/h7-14,19H,15-18H2,1-6H3. The van der Waals surface area contributed by atoms with Crippen LogP contribution in [0.15, 0.2) is 48.5 Å². The van der Waals surface area contributed by atoms with Crippen LogP contribution in [0.25, 0.3) is 16.6 Å². The van der Waals surface area contributed by atoms with E-state index >= 15 is 0 Å². The lowest BCUT2D eigenvalue weighted by molar-refractivity contribution is 0.0240. The number of hydrogen-bond donors (Lipinski definition) is 0. The second-order valence-corrected chi connectivity index (χ2v) is 11.0. The monoisotopic (exact) mass is 461 g/mol. The molecule has 0 bridgehead atoms. The highest BCUT2D eigenvalue weighted by atomic mass is 16.6. The number of ether oxygens (including phenoxy) is 1. The number of piperazine rings is 1. The minimum absolute atomic E-state index is 0.0616. The van der Waals surface area contributed by atoms with Crippen molar-refractivity contribution in [1.82, 2.24) is 9.47 Å². The maximum Gasteiger partial charge on any atom is 0.410 e. The van der Waals surface area contributed by atoms with Crippen LogP contribution in [0.3, 0.4) is 0 Å². The molecule has 0 saturated carbocycles. The second kappa shape index (κ2) is 8.82. The van der Waals surface area contributed by atoms with Gasteiger partial charge in [0.2, 0.25) is 0 Å².